The third-order valence-corrected chi connectivity index (χ3v) is 12.6. The molecule has 4 aromatic rings. The van der Waals surface area contributed by atoms with Crippen LogP contribution in [0.5, 0.6) is 0 Å². The molecule has 3 amide bonds. The Hall–Kier alpha value is -5.44. The number of aromatic nitrogens is 2. The van der Waals surface area contributed by atoms with Crippen molar-refractivity contribution in [1.29, 1.82) is 0 Å². The molecule has 0 spiro atoms. The van der Waals surface area contributed by atoms with E-state index in [0.717, 1.165) is 39.0 Å². The van der Waals surface area contributed by atoms with Crippen molar-refractivity contribution in [1.82, 2.24) is 30.2 Å². The van der Waals surface area contributed by atoms with E-state index in [9.17, 15) is 19.2 Å². The third kappa shape index (κ3) is 9.88. The number of nitrogens with one attached hydrogen (secondary N) is 2. The summed E-state index contributed by atoms with van der Waals surface area (Å²) in [6.07, 6.45) is 4.02. The third-order valence-electron chi connectivity index (χ3n) is 12.6. The standard InChI is InChI=1S/C49H61FN6O7/c1-9-43(57)54-25-35(26-54)62-27-39(29(3)4)46(58)52-41-21-31-19-33(22-34(50)20-31)32-15-16-42-37(23-32)38(45(55(42)10-2)36-13-11-17-51-44(36)30(5)61-8)24-49(6,7)28-63-48(60)40-14-12-18-56(53-40)47(41)59/h9,11,13,15-17,19-20,22-23,29-30,35,39-41,53H,1,10,12,14,18,21,24-28H2,2-8H3,(H,52,58)/t30-,39-,40-,41-/m0/s1. The minimum atomic E-state index is -1.11. The summed E-state index contributed by atoms with van der Waals surface area (Å²) in [6.45, 7) is 17.5. The highest BCUT2D eigenvalue weighted by Gasteiger charge is 2.38. The van der Waals surface area contributed by atoms with Crippen molar-refractivity contribution in [2.75, 3.05) is 40.0 Å². The summed E-state index contributed by atoms with van der Waals surface area (Å²) in [7, 11) is 1.67. The average Bonchev–Trinajstić information content (AvgIpc) is 3.55. The first-order valence-corrected chi connectivity index (χ1v) is 22.1. The molecule has 3 aliphatic heterocycles. The van der Waals surface area contributed by atoms with E-state index in [1.807, 2.05) is 39.0 Å². The number of methoxy groups -OCH3 is 1. The van der Waals surface area contributed by atoms with E-state index < -0.39 is 41.1 Å². The highest BCUT2D eigenvalue weighted by molar-refractivity contribution is 5.95. The van der Waals surface area contributed by atoms with E-state index in [1.54, 1.807) is 18.2 Å². The number of nitrogens with zero attached hydrogens (tertiary/aromatic N) is 4. The molecule has 3 aliphatic rings. The molecule has 4 atom stereocenters. The summed E-state index contributed by atoms with van der Waals surface area (Å²) in [4.78, 5) is 60.9. The largest absolute Gasteiger partial charge is 0.464 e. The number of hydrazine groups is 1. The van der Waals surface area contributed by atoms with Crippen molar-refractivity contribution in [3.05, 3.63) is 90.0 Å². The zero-order valence-electron chi connectivity index (χ0n) is 37.5. The van der Waals surface area contributed by atoms with Crippen molar-refractivity contribution in [2.24, 2.45) is 17.3 Å². The molecule has 5 heterocycles. The van der Waals surface area contributed by atoms with Gasteiger partial charge in [-0.2, -0.15) is 0 Å². The van der Waals surface area contributed by atoms with Crippen molar-refractivity contribution in [3.8, 4) is 22.4 Å². The second kappa shape index (κ2) is 19.1. The van der Waals surface area contributed by atoms with Gasteiger partial charge in [0.2, 0.25) is 11.8 Å². The zero-order chi connectivity index (χ0) is 45.2. The molecule has 63 heavy (non-hydrogen) atoms. The van der Waals surface area contributed by atoms with Crippen LogP contribution in [0.1, 0.15) is 77.3 Å². The Bertz CT molecular complexity index is 2370. The molecule has 13 nitrogen and oxygen atoms in total. The Morgan fingerprint density at radius 2 is 1.89 bits per heavy atom. The van der Waals surface area contributed by atoms with Crippen LogP contribution in [-0.4, -0.2) is 101 Å². The zero-order valence-corrected chi connectivity index (χ0v) is 37.5. The van der Waals surface area contributed by atoms with E-state index in [1.165, 1.54) is 23.2 Å². The van der Waals surface area contributed by atoms with E-state index in [0.29, 0.717) is 56.6 Å². The lowest BCUT2D eigenvalue weighted by molar-refractivity contribution is -0.155. The number of benzene rings is 2. The number of ether oxygens (including phenoxy) is 3. The molecule has 2 aromatic carbocycles. The summed E-state index contributed by atoms with van der Waals surface area (Å²) in [6, 6.07) is 13.0. The van der Waals surface area contributed by atoms with Crippen LogP contribution in [-0.2, 0) is 52.8 Å². The van der Waals surface area contributed by atoms with Gasteiger partial charge in [0.1, 0.15) is 17.9 Å². The smallest absolute Gasteiger partial charge is 0.324 e. The number of esters is 1. The Labute approximate surface area is 369 Å². The van der Waals surface area contributed by atoms with Crippen LogP contribution >= 0.6 is 0 Å². The molecule has 2 aromatic heterocycles. The molecule has 0 unspecified atom stereocenters. The topological polar surface area (TPSA) is 144 Å². The number of carbonyl (C=O) groups is 4. The van der Waals surface area contributed by atoms with Gasteiger partial charge in [-0.05, 0) is 104 Å². The molecule has 0 radical (unpaired) electrons. The number of fused-ring (bicyclic) bond motifs is 6. The second-order valence-corrected chi connectivity index (χ2v) is 18.2. The number of cyclic esters (lactones) is 1. The fourth-order valence-corrected chi connectivity index (χ4v) is 8.98. The molecular formula is C49H61FN6O7. The highest BCUT2D eigenvalue weighted by atomic mass is 19.1. The predicted octanol–water partition coefficient (Wildman–Crippen LogP) is 6.57. The van der Waals surface area contributed by atoms with E-state index in [2.05, 4.69) is 60.9 Å². The summed E-state index contributed by atoms with van der Waals surface area (Å²) >= 11 is 0. The molecule has 0 aliphatic carbocycles. The highest BCUT2D eigenvalue weighted by Crippen LogP contribution is 2.42. The molecule has 2 saturated heterocycles. The van der Waals surface area contributed by atoms with Crippen LogP contribution in [0.4, 0.5) is 4.39 Å². The summed E-state index contributed by atoms with van der Waals surface area (Å²) < 4.78 is 36.1. The van der Waals surface area contributed by atoms with Crippen molar-refractivity contribution < 1.29 is 37.8 Å². The van der Waals surface area contributed by atoms with Crippen LogP contribution in [0.25, 0.3) is 33.3 Å². The van der Waals surface area contributed by atoms with Gasteiger partial charge in [-0.25, -0.2) is 9.82 Å². The maximum absolute atomic E-state index is 15.9. The Balaban J connectivity index is 1.29. The van der Waals surface area contributed by atoms with Crippen molar-refractivity contribution in [2.45, 2.75) is 98.1 Å². The molecule has 2 fully saturated rings. The summed E-state index contributed by atoms with van der Waals surface area (Å²) in [5.41, 5.74) is 9.26. The van der Waals surface area contributed by atoms with E-state index in [-0.39, 0.29) is 49.6 Å². The lowest BCUT2D eigenvalue weighted by Crippen LogP contribution is -2.61. The SMILES string of the molecule is C=CC(=O)N1CC(OC[C@H](C(=O)N[C@H]2Cc3cc(F)cc(c3)-c3ccc4c(c3)c(c(-c3cccnc3[C@H](C)OC)n4CC)CC(C)(C)COC(=O)[C@@H]3CCCN(N3)C2=O)C(C)C)C1. The van der Waals surface area contributed by atoms with Crippen molar-refractivity contribution in [3.63, 3.8) is 0 Å². The lowest BCUT2D eigenvalue weighted by atomic mass is 9.84. The van der Waals surface area contributed by atoms with Crippen LogP contribution < -0.4 is 10.7 Å². The number of carbonyl (C=O) groups excluding carboxylic acids is 4. The fourth-order valence-electron chi connectivity index (χ4n) is 8.98. The van der Waals surface area contributed by atoms with Gasteiger partial charge < -0.3 is 29.0 Å². The normalized spacial score (nSPS) is 20.5. The monoisotopic (exact) mass is 864 g/mol. The molecular weight excluding hydrogens is 804 g/mol. The molecule has 2 N–H and O–H groups in total. The van der Waals surface area contributed by atoms with E-state index >= 15 is 4.39 Å². The van der Waals surface area contributed by atoms with Crippen LogP contribution in [0.3, 0.4) is 0 Å². The van der Waals surface area contributed by atoms with Crippen LogP contribution in [0.2, 0.25) is 0 Å². The Morgan fingerprint density at radius 3 is 2.60 bits per heavy atom. The minimum absolute atomic E-state index is 0.0188. The summed E-state index contributed by atoms with van der Waals surface area (Å²) in [5, 5.41) is 5.37. The quantitative estimate of drug-likeness (QED) is 0.126. The Kier molecular flexibility index (Phi) is 13.8. The molecule has 6 bridgehead atoms. The van der Waals surface area contributed by atoms with Gasteiger partial charge in [0.15, 0.2) is 0 Å². The lowest BCUT2D eigenvalue weighted by Gasteiger charge is -2.39. The van der Waals surface area contributed by atoms with Crippen molar-refractivity contribution >= 4 is 34.6 Å². The van der Waals surface area contributed by atoms with Gasteiger partial charge >= 0.3 is 5.97 Å². The number of likely N-dealkylation sites (tertiary alicyclic amines) is 1. The minimum Gasteiger partial charge on any atom is -0.464 e. The van der Waals surface area contributed by atoms with Gasteiger partial charge in [-0.1, -0.05) is 46.4 Å². The first-order chi connectivity index (χ1) is 30.1. The van der Waals surface area contributed by atoms with E-state index in [4.69, 9.17) is 19.2 Å². The van der Waals surface area contributed by atoms with Gasteiger partial charge in [-0.15, -0.1) is 0 Å². The van der Waals surface area contributed by atoms with Crippen LogP contribution in [0.15, 0.2) is 67.4 Å². The maximum atomic E-state index is 15.9. The van der Waals surface area contributed by atoms with Gasteiger partial charge in [0.05, 0.1) is 42.7 Å². The second-order valence-electron chi connectivity index (χ2n) is 18.2. The fraction of sp³-hybridized carbons (Fsp3) is 0.490. The molecule has 336 valence electrons. The van der Waals surface area contributed by atoms with Crippen LogP contribution in [0, 0.1) is 23.1 Å². The first kappa shape index (κ1) is 45.6. The van der Waals surface area contributed by atoms with Gasteiger partial charge in [0.25, 0.3) is 5.91 Å². The number of amides is 3. The number of hydrogen-bond acceptors (Lipinski definition) is 9. The maximum Gasteiger partial charge on any atom is 0.324 e. The van der Waals surface area contributed by atoms with Gasteiger partial charge in [0, 0.05) is 67.8 Å². The van der Waals surface area contributed by atoms with Gasteiger partial charge in [-0.3, -0.25) is 29.2 Å². The average molecular weight is 865 g/mol. The number of hydrogen-bond donors (Lipinski definition) is 2. The molecule has 0 saturated carbocycles. The predicted molar refractivity (Wildman–Crippen MR) is 238 cm³/mol. The number of aryl methyl sites for hydroxylation is 1. The Morgan fingerprint density at radius 1 is 1.11 bits per heavy atom. The number of rotatable bonds is 11. The first-order valence-electron chi connectivity index (χ1n) is 22.1. The number of halogens is 1. The number of pyridine rings is 1. The summed E-state index contributed by atoms with van der Waals surface area (Å²) in [5.74, 6) is -2.74. The molecule has 14 heteroatoms. The molecule has 7 rings (SSSR count).